The first-order valence-electron chi connectivity index (χ1n) is 9.39. The van der Waals surface area contributed by atoms with Crippen LogP contribution in [-0.4, -0.2) is 43.9 Å². The molecular weight excluding hydrogens is 450 g/mol. The lowest BCUT2D eigenvalue weighted by Gasteiger charge is -2.13. The summed E-state index contributed by atoms with van der Waals surface area (Å²) in [5.74, 6) is -0.418. The van der Waals surface area contributed by atoms with Gasteiger partial charge in [0.2, 0.25) is 5.91 Å². The topological polar surface area (TPSA) is 97.2 Å². The largest absolute Gasteiger partial charge is 0.309 e. The summed E-state index contributed by atoms with van der Waals surface area (Å²) in [6.07, 6.45) is 5.79. The van der Waals surface area contributed by atoms with Crippen molar-refractivity contribution in [2.45, 2.75) is 19.4 Å². The number of nitrogens with one attached hydrogen (secondary N) is 1. The van der Waals surface area contributed by atoms with Crippen LogP contribution in [0.5, 0.6) is 0 Å². The molecule has 0 fully saturated rings. The highest BCUT2D eigenvalue weighted by molar-refractivity contribution is 9.10. The number of imide groups is 1. The van der Waals surface area contributed by atoms with Gasteiger partial charge in [0.05, 0.1) is 17.7 Å². The molecular formula is C21H18BrN5O3. The number of carbonyl (C=O) groups is 3. The molecule has 1 aliphatic heterocycles. The Morgan fingerprint density at radius 1 is 1.10 bits per heavy atom. The van der Waals surface area contributed by atoms with Crippen molar-refractivity contribution in [3.63, 3.8) is 0 Å². The molecule has 152 valence electrons. The van der Waals surface area contributed by atoms with Gasteiger partial charge in [-0.1, -0.05) is 22.0 Å². The summed E-state index contributed by atoms with van der Waals surface area (Å²) >= 11 is 3.31. The predicted octanol–water partition coefficient (Wildman–Crippen LogP) is 3.10. The molecule has 0 bridgehead atoms. The number of halogens is 1. The Balaban J connectivity index is 1.27. The molecule has 0 atom stereocenters. The summed E-state index contributed by atoms with van der Waals surface area (Å²) in [6, 6.07) is 10.5. The number of pyridine rings is 1. The van der Waals surface area contributed by atoms with Crippen LogP contribution in [0.2, 0.25) is 0 Å². The van der Waals surface area contributed by atoms with E-state index in [1.807, 2.05) is 12.1 Å². The minimum absolute atomic E-state index is 0.173. The van der Waals surface area contributed by atoms with Crippen LogP contribution < -0.4 is 5.32 Å². The SMILES string of the molecule is O=C(CCCN1C(=O)c2ccc(Br)cc2C1=O)Nc1ccn(Cc2cccnc2)n1. The van der Waals surface area contributed by atoms with Crippen LogP contribution in [0.1, 0.15) is 39.1 Å². The molecule has 3 heterocycles. The molecule has 9 heteroatoms. The summed E-state index contributed by atoms with van der Waals surface area (Å²) in [7, 11) is 0. The minimum atomic E-state index is -0.328. The molecule has 4 rings (SSSR count). The fraction of sp³-hybridized carbons (Fsp3) is 0.190. The molecule has 2 aromatic heterocycles. The average molecular weight is 468 g/mol. The van der Waals surface area contributed by atoms with Gasteiger partial charge in [0, 0.05) is 42.1 Å². The number of rotatable bonds is 7. The maximum atomic E-state index is 12.4. The highest BCUT2D eigenvalue weighted by Gasteiger charge is 2.35. The van der Waals surface area contributed by atoms with Gasteiger partial charge >= 0.3 is 0 Å². The minimum Gasteiger partial charge on any atom is -0.309 e. The van der Waals surface area contributed by atoms with E-state index in [1.54, 1.807) is 47.5 Å². The third kappa shape index (κ3) is 4.30. The number of anilines is 1. The molecule has 0 unspecified atom stereocenters. The second-order valence-corrected chi connectivity index (χ2v) is 7.78. The first-order valence-corrected chi connectivity index (χ1v) is 10.2. The Morgan fingerprint density at radius 3 is 2.73 bits per heavy atom. The maximum absolute atomic E-state index is 12.4. The lowest BCUT2D eigenvalue weighted by molar-refractivity contribution is -0.116. The van der Waals surface area contributed by atoms with E-state index < -0.39 is 0 Å². The first kappa shape index (κ1) is 20.0. The fourth-order valence-electron chi connectivity index (χ4n) is 3.26. The van der Waals surface area contributed by atoms with Gasteiger partial charge in [-0.15, -0.1) is 0 Å². The highest BCUT2D eigenvalue weighted by Crippen LogP contribution is 2.26. The quantitative estimate of drug-likeness (QED) is 0.538. The van der Waals surface area contributed by atoms with Crippen molar-refractivity contribution in [1.29, 1.82) is 0 Å². The van der Waals surface area contributed by atoms with Crippen LogP contribution in [0.15, 0.2) is 59.5 Å². The van der Waals surface area contributed by atoms with Crippen molar-refractivity contribution in [2.24, 2.45) is 0 Å². The molecule has 8 nitrogen and oxygen atoms in total. The Kier molecular flexibility index (Phi) is 5.71. The van der Waals surface area contributed by atoms with E-state index in [-0.39, 0.29) is 30.7 Å². The molecule has 0 radical (unpaired) electrons. The van der Waals surface area contributed by atoms with Crippen LogP contribution in [0.3, 0.4) is 0 Å². The highest BCUT2D eigenvalue weighted by atomic mass is 79.9. The predicted molar refractivity (Wildman–Crippen MR) is 113 cm³/mol. The molecule has 1 aromatic carbocycles. The Morgan fingerprint density at radius 2 is 1.93 bits per heavy atom. The van der Waals surface area contributed by atoms with E-state index in [2.05, 4.69) is 31.3 Å². The molecule has 0 spiro atoms. The summed E-state index contributed by atoms with van der Waals surface area (Å²) < 4.78 is 2.45. The van der Waals surface area contributed by atoms with Gasteiger partial charge in [0.1, 0.15) is 0 Å². The van der Waals surface area contributed by atoms with Crippen molar-refractivity contribution in [3.05, 3.63) is 76.2 Å². The lowest BCUT2D eigenvalue weighted by Crippen LogP contribution is -2.31. The summed E-state index contributed by atoms with van der Waals surface area (Å²) in [6.45, 7) is 0.742. The van der Waals surface area contributed by atoms with Crippen LogP contribution in [0, 0.1) is 0 Å². The molecule has 1 aliphatic rings. The molecule has 0 saturated carbocycles. The van der Waals surface area contributed by atoms with Crippen molar-refractivity contribution >= 4 is 39.5 Å². The second kappa shape index (κ2) is 8.58. The van der Waals surface area contributed by atoms with Gasteiger partial charge in [-0.3, -0.25) is 28.9 Å². The molecule has 1 N–H and O–H groups in total. The van der Waals surface area contributed by atoms with Gasteiger partial charge in [-0.2, -0.15) is 5.10 Å². The van der Waals surface area contributed by atoms with Gasteiger partial charge in [0.15, 0.2) is 5.82 Å². The second-order valence-electron chi connectivity index (χ2n) is 6.86. The molecule has 3 amide bonds. The van der Waals surface area contributed by atoms with Crippen LogP contribution in [0.25, 0.3) is 0 Å². The van der Waals surface area contributed by atoms with Crippen molar-refractivity contribution < 1.29 is 14.4 Å². The first-order chi connectivity index (χ1) is 14.5. The Bertz CT molecular complexity index is 1110. The zero-order valence-electron chi connectivity index (χ0n) is 15.9. The Labute approximate surface area is 181 Å². The molecule has 30 heavy (non-hydrogen) atoms. The van der Waals surface area contributed by atoms with Crippen molar-refractivity contribution in [3.8, 4) is 0 Å². The average Bonchev–Trinajstić information content (AvgIpc) is 3.26. The number of carbonyl (C=O) groups excluding carboxylic acids is 3. The monoisotopic (exact) mass is 467 g/mol. The number of hydrogen-bond acceptors (Lipinski definition) is 5. The molecule has 0 saturated heterocycles. The standard InChI is InChI=1S/C21H18BrN5O3/c22-15-5-6-16-17(11-15)21(30)27(20(16)29)9-2-4-19(28)24-18-7-10-26(25-18)13-14-3-1-8-23-12-14/h1,3,5-8,10-12H,2,4,9,13H2,(H,24,25,28). The normalized spacial score (nSPS) is 12.9. The van der Waals surface area contributed by atoms with E-state index >= 15 is 0 Å². The van der Waals surface area contributed by atoms with E-state index in [1.165, 1.54) is 4.90 Å². The molecule has 3 aromatic rings. The van der Waals surface area contributed by atoms with Gasteiger partial charge in [0.25, 0.3) is 11.8 Å². The lowest BCUT2D eigenvalue weighted by atomic mass is 10.1. The Hall–Kier alpha value is -3.33. The fourth-order valence-corrected chi connectivity index (χ4v) is 3.63. The van der Waals surface area contributed by atoms with Crippen molar-refractivity contribution in [1.82, 2.24) is 19.7 Å². The zero-order chi connectivity index (χ0) is 21.1. The number of amides is 3. The van der Waals surface area contributed by atoms with Gasteiger partial charge < -0.3 is 5.32 Å². The van der Waals surface area contributed by atoms with E-state index in [9.17, 15) is 14.4 Å². The summed E-state index contributed by atoms with van der Waals surface area (Å²) in [5, 5.41) is 7.06. The summed E-state index contributed by atoms with van der Waals surface area (Å²) in [5.41, 5.74) is 1.79. The van der Waals surface area contributed by atoms with Crippen LogP contribution in [-0.2, 0) is 11.3 Å². The van der Waals surface area contributed by atoms with Crippen LogP contribution >= 0.6 is 15.9 Å². The van der Waals surface area contributed by atoms with E-state index in [0.29, 0.717) is 29.9 Å². The van der Waals surface area contributed by atoms with E-state index in [0.717, 1.165) is 10.0 Å². The van der Waals surface area contributed by atoms with Crippen LogP contribution in [0.4, 0.5) is 5.82 Å². The number of nitrogens with zero attached hydrogens (tertiary/aromatic N) is 4. The number of hydrogen-bond donors (Lipinski definition) is 1. The number of benzene rings is 1. The van der Waals surface area contributed by atoms with Gasteiger partial charge in [-0.05, 0) is 36.2 Å². The smallest absolute Gasteiger partial charge is 0.261 e. The maximum Gasteiger partial charge on any atom is 0.261 e. The zero-order valence-corrected chi connectivity index (χ0v) is 17.5. The third-order valence-corrected chi connectivity index (χ3v) is 5.19. The number of fused-ring (bicyclic) bond motifs is 1. The summed E-state index contributed by atoms with van der Waals surface area (Å²) in [4.78, 5) is 42.3. The van der Waals surface area contributed by atoms with E-state index in [4.69, 9.17) is 0 Å². The van der Waals surface area contributed by atoms with Crippen molar-refractivity contribution in [2.75, 3.05) is 11.9 Å². The number of aromatic nitrogens is 3. The molecule has 0 aliphatic carbocycles. The third-order valence-electron chi connectivity index (χ3n) is 4.69. The van der Waals surface area contributed by atoms with Gasteiger partial charge in [-0.25, -0.2) is 0 Å².